The normalized spacial score (nSPS) is 18.6. The van der Waals surface area contributed by atoms with Crippen LogP contribution >= 0.6 is 0 Å². The van der Waals surface area contributed by atoms with E-state index in [2.05, 4.69) is 48.3 Å². The first-order chi connectivity index (χ1) is 16.1. The lowest BCUT2D eigenvalue weighted by Gasteiger charge is -2.28. The van der Waals surface area contributed by atoms with Crippen LogP contribution in [-0.4, -0.2) is 67.0 Å². The van der Waals surface area contributed by atoms with Gasteiger partial charge in [0, 0.05) is 44.2 Å². The maximum absolute atomic E-state index is 12.8. The fourth-order valence-electron chi connectivity index (χ4n) is 4.63. The first-order valence-corrected chi connectivity index (χ1v) is 12.2. The number of anilines is 2. The number of nitrogens with one attached hydrogen (secondary N) is 1. The molecule has 0 spiro atoms. The van der Waals surface area contributed by atoms with Crippen molar-refractivity contribution in [3.63, 3.8) is 0 Å². The number of carbonyl (C=O) groups excluding carboxylic acids is 1. The van der Waals surface area contributed by atoms with Crippen molar-refractivity contribution in [1.82, 2.24) is 9.88 Å². The zero-order valence-electron chi connectivity index (χ0n) is 19.8. The fourth-order valence-corrected chi connectivity index (χ4v) is 4.63. The average Bonchev–Trinajstić information content (AvgIpc) is 3.34. The molecule has 2 fully saturated rings. The summed E-state index contributed by atoms with van der Waals surface area (Å²) in [6.45, 7) is 9.13. The fraction of sp³-hybridized carbons (Fsp3) is 0.538. The molecule has 4 rings (SSSR count). The van der Waals surface area contributed by atoms with E-state index in [0.29, 0.717) is 25.6 Å². The number of ether oxygens (including phenoxy) is 1. The van der Waals surface area contributed by atoms with Crippen LogP contribution < -0.4 is 10.2 Å². The van der Waals surface area contributed by atoms with E-state index in [1.54, 1.807) is 0 Å². The van der Waals surface area contributed by atoms with Gasteiger partial charge in [-0.15, -0.1) is 0 Å². The summed E-state index contributed by atoms with van der Waals surface area (Å²) in [7, 11) is 0. The molecule has 1 aromatic heterocycles. The minimum Gasteiger partial charge on any atom is -0.396 e. The quantitative estimate of drug-likeness (QED) is 0.662. The summed E-state index contributed by atoms with van der Waals surface area (Å²) in [5.74, 6) is 1.55. The lowest BCUT2D eigenvalue weighted by Crippen LogP contribution is -2.36. The molecule has 7 nitrogen and oxygen atoms in total. The summed E-state index contributed by atoms with van der Waals surface area (Å²) in [4.78, 5) is 21.9. The van der Waals surface area contributed by atoms with E-state index >= 15 is 0 Å². The molecule has 2 saturated heterocycles. The van der Waals surface area contributed by atoms with Crippen molar-refractivity contribution in [3.05, 3.63) is 41.6 Å². The van der Waals surface area contributed by atoms with Crippen LogP contribution in [0.2, 0.25) is 0 Å². The van der Waals surface area contributed by atoms with E-state index in [-0.39, 0.29) is 12.6 Å². The molecule has 0 bridgehead atoms. The average molecular weight is 453 g/mol. The van der Waals surface area contributed by atoms with E-state index in [9.17, 15) is 9.90 Å². The predicted molar refractivity (Wildman–Crippen MR) is 132 cm³/mol. The van der Waals surface area contributed by atoms with Gasteiger partial charge in [0.2, 0.25) is 0 Å². The Labute approximate surface area is 196 Å². The van der Waals surface area contributed by atoms with Gasteiger partial charge in [-0.3, -0.25) is 0 Å². The first kappa shape index (κ1) is 23.5. The smallest absolute Gasteiger partial charge is 0.321 e. The summed E-state index contributed by atoms with van der Waals surface area (Å²) >= 11 is 0. The number of nitrogens with zero attached hydrogens (tertiary/aromatic N) is 3. The van der Waals surface area contributed by atoms with E-state index in [4.69, 9.17) is 9.72 Å². The third kappa shape index (κ3) is 5.84. The van der Waals surface area contributed by atoms with Crippen LogP contribution in [0.4, 0.5) is 16.3 Å². The van der Waals surface area contributed by atoms with Gasteiger partial charge in [-0.05, 0) is 73.1 Å². The first-order valence-electron chi connectivity index (χ1n) is 12.2. The Hall–Kier alpha value is -2.64. The van der Waals surface area contributed by atoms with Crippen molar-refractivity contribution in [2.24, 2.45) is 5.92 Å². The monoisotopic (exact) mass is 452 g/mol. The molecule has 2 aliphatic heterocycles. The molecule has 7 heteroatoms. The number of urea groups is 1. The summed E-state index contributed by atoms with van der Waals surface area (Å²) < 4.78 is 5.51. The number of amides is 2. The number of aliphatic hydroxyl groups is 1. The highest BCUT2D eigenvalue weighted by Gasteiger charge is 2.25. The Morgan fingerprint density at radius 2 is 2.03 bits per heavy atom. The number of carbonyl (C=O) groups is 1. The second kappa shape index (κ2) is 11.0. The van der Waals surface area contributed by atoms with Crippen LogP contribution in [-0.2, 0) is 11.2 Å². The maximum atomic E-state index is 12.8. The second-order valence-electron chi connectivity index (χ2n) is 9.10. The maximum Gasteiger partial charge on any atom is 0.321 e. The molecule has 178 valence electrons. The number of rotatable bonds is 7. The van der Waals surface area contributed by atoms with E-state index in [1.807, 2.05) is 11.0 Å². The van der Waals surface area contributed by atoms with Gasteiger partial charge < -0.3 is 25.0 Å². The Kier molecular flexibility index (Phi) is 7.83. The molecule has 33 heavy (non-hydrogen) atoms. The lowest BCUT2D eigenvalue weighted by molar-refractivity contribution is 0.122. The van der Waals surface area contributed by atoms with Gasteiger partial charge in [0.05, 0.1) is 13.2 Å². The van der Waals surface area contributed by atoms with Crippen LogP contribution in [0.25, 0.3) is 11.1 Å². The molecule has 0 radical (unpaired) electrons. The summed E-state index contributed by atoms with van der Waals surface area (Å²) in [6, 6.07) is 10.3. The summed E-state index contributed by atoms with van der Waals surface area (Å²) in [5, 5.41) is 12.4. The Bertz CT molecular complexity index is 959. The summed E-state index contributed by atoms with van der Waals surface area (Å²) in [6.07, 6.45) is 3.61. The van der Waals surface area contributed by atoms with Gasteiger partial charge in [0.25, 0.3) is 0 Å². The summed E-state index contributed by atoms with van der Waals surface area (Å²) in [5.41, 5.74) is 5.09. The van der Waals surface area contributed by atoms with Crippen molar-refractivity contribution < 1.29 is 14.6 Å². The molecule has 0 aliphatic carbocycles. The topological polar surface area (TPSA) is 77.9 Å². The van der Waals surface area contributed by atoms with Gasteiger partial charge in [0.15, 0.2) is 0 Å². The highest BCUT2D eigenvalue weighted by Crippen LogP contribution is 2.31. The van der Waals surface area contributed by atoms with Gasteiger partial charge in [-0.2, -0.15) is 0 Å². The number of aromatic nitrogens is 1. The molecular formula is C26H36N4O3. The zero-order chi connectivity index (χ0) is 23.2. The number of morpholine rings is 1. The number of pyridine rings is 1. The van der Waals surface area contributed by atoms with Crippen LogP contribution in [0.3, 0.4) is 0 Å². The minimum atomic E-state index is -0.0203. The van der Waals surface area contributed by atoms with Crippen LogP contribution in [0.1, 0.15) is 37.4 Å². The number of hydrogen-bond acceptors (Lipinski definition) is 5. The van der Waals surface area contributed by atoms with Gasteiger partial charge in [-0.1, -0.05) is 19.4 Å². The molecule has 0 unspecified atom stereocenters. The van der Waals surface area contributed by atoms with Crippen molar-refractivity contribution in [2.75, 3.05) is 56.2 Å². The third-order valence-electron chi connectivity index (χ3n) is 6.74. The highest BCUT2D eigenvalue weighted by atomic mass is 16.5. The van der Waals surface area contributed by atoms with Crippen molar-refractivity contribution >= 4 is 17.5 Å². The molecule has 1 aromatic carbocycles. The molecule has 2 aliphatic rings. The van der Waals surface area contributed by atoms with Gasteiger partial charge in [-0.25, -0.2) is 9.78 Å². The zero-order valence-corrected chi connectivity index (χ0v) is 19.8. The third-order valence-corrected chi connectivity index (χ3v) is 6.74. The van der Waals surface area contributed by atoms with Crippen molar-refractivity contribution in [2.45, 2.75) is 39.5 Å². The standard InChI is InChI=1S/C26H36N4O3/c1-3-20-8-9-30(18-20)26(32)28-23-7-6-19(2)24(17-23)21-15-22(5-4-12-31)27-25(16-21)29-10-13-33-14-11-29/h6-7,15-17,20,31H,3-5,8-14,18H2,1-2H3,(H,28,32)/t20-/m1/s1. The molecule has 2 N–H and O–H groups in total. The molecule has 1 atom stereocenters. The van der Waals surface area contributed by atoms with Crippen molar-refractivity contribution in [1.29, 1.82) is 0 Å². The molecule has 2 aromatic rings. The molecule has 3 heterocycles. The molecule has 0 saturated carbocycles. The van der Waals surface area contributed by atoms with Crippen LogP contribution in [0.15, 0.2) is 30.3 Å². The second-order valence-corrected chi connectivity index (χ2v) is 9.10. The highest BCUT2D eigenvalue weighted by molar-refractivity contribution is 5.90. The van der Waals surface area contributed by atoms with Gasteiger partial charge in [0.1, 0.15) is 5.82 Å². The largest absolute Gasteiger partial charge is 0.396 e. The predicted octanol–water partition coefficient (Wildman–Crippen LogP) is 4.08. The van der Waals surface area contributed by atoms with E-state index in [1.165, 1.54) is 0 Å². The number of hydrogen-bond donors (Lipinski definition) is 2. The van der Waals surface area contributed by atoms with Gasteiger partial charge >= 0.3 is 6.03 Å². The SMILES string of the molecule is CC[C@@H]1CCN(C(=O)Nc2ccc(C)c(-c3cc(CCCO)nc(N4CCOCC4)c3)c2)C1. The molecule has 2 amide bonds. The number of aliphatic hydroxyl groups excluding tert-OH is 1. The minimum absolute atomic E-state index is 0.0203. The Morgan fingerprint density at radius 1 is 1.21 bits per heavy atom. The molecular weight excluding hydrogens is 416 g/mol. The van der Waals surface area contributed by atoms with Crippen LogP contribution in [0.5, 0.6) is 0 Å². The number of benzene rings is 1. The Morgan fingerprint density at radius 3 is 2.76 bits per heavy atom. The lowest BCUT2D eigenvalue weighted by atomic mass is 9.99. The van der Waals surface area contributed by atoms with Crippen molar-refractivity contribution in [3.8, 4) is 11.1 Å². The number of aryl methyl sites for hydroxylation is 2. The van der Waals surface area contributed by atoms with E-state index < -0.39 is 0 Å². The Balaban J connectivity index is 1.59. The van der Waals surface area contributed by atoms with E-state index in [0.717, 1.165) is 79.3 Å². The van der Waals surface area contributed by atoms with Crippen LogP contribution in [0, 0.1) is 12.8 Å². The number of likely N-dealkylation sites (tertiary alicyclic amines) is 1.